The van der Waals surface area contributed by atoms with E-state index in [4.69, 9.17) is 51.9 Å². The topological polar surface area (TPSA) is 420 Å². The van der Waals surface area contributed by atoms with E-state index in [1.807, 2.05) is 92.7 Å². The number of amides is 4. The summed E-state index contributed by atoms with van der Waals surface area (Å²) in [5.41, 5.74) is 21.0. The van der Waals surface area contributed by atoms with Gasteiger partial charge >= 0.3 is 0 Å². The number of ether oxygens (including phenoxy) is 1. The smallest absolute Gasteiger partial charge is 0.265 e. The number of thiocarbonyl (C=S) groups is 1. The van der Waals surface area contributed by atoms with Crippen LogP contribution in [0.3, 0.4) is 0 Å². The monoisotopic (exact) mass is 1350 g/mol. The number of nitrogens with one attached hydrogen (secondary N) is 8. The fourth-order valence-electron chi connectivity index (χ4n) is 8.94. The quantitative estimate of drug-likeness (QED) is 0.0175. The third-order valence-electron chi connectivity index (χ3n) is 14.0. The Labute approximate surface area is 571 Å². The minimum atomic E-state index is -0.417. The molecule has 0 fully saturated rings. The number of methoxy groups -OCH3 is 1. The van der Waals surface area contributed by atoms with Gasteiger partial charge in [-0.2, -0.15) is 0 Å². The van der Waals surface area contributed by atoms with Crippen LogP contribution in [0.25, 0.3) is 39.3 Å². The highest BCUT2D eigenvalue weighted by Gasteiger charge is 2.17. The number of carbonyl (C=O) groups excluding carboxylic acids is 4. The molecule has 0 saturated carbocycles. The van der Waals surface area contributed by atoms with Crippen LogP contribution < -0.4 is 71.1 Å². The molecule has 12 rings (SSSR count). The van der Waals surface area contributed by atoms with Crippen LogP contribution in [-0.2, 0) is 0 Å². The summed E-state index contributed by atoms with van der Waals surface area (Å²) in [4.78, 5) is 94.6. The lowest BCUT2D eigenvalue weighted by molar-refractivity contribution is 0.0945. The number of benzene rings is 4. The van der Waals surface area contributed by atoms with Crippen LogP contribution in [0.2, 0.25) is 5.02 Å². The molecule has 30 heteroatoms. The molecule has 7 heterocycles. The number of nitrogen functional groups attached to an aromatic ring is 4. The number of halogens is 1. The lowest BCUT2D eigenvalue weighted by Crippen LogP contribution is -2.30. The Morgan fingerprint density at radius 2 is 0.806 bits per heavy atom. The molecule has 0 spiro atoms. The molecule has 0 aliphatic heterocycles. The van der Waals surface area contributed by atoms with Crippen LogP contribution >= 0.6 is 23.8 Å². The van der Waals surface area contributed by atoms with Crippen molar-refractivity contribution in [1.29, 1.82) is 0 Å². The number of pyridine rings is 3. The normalized spacial score (nSPS) is 11.0. The van der Waals surface area contributed by atoms with E-state index in [0.717, 1.165) is 73.1 Å². The van der Waals surface area contributed by atoms with Gasteiger partial charge in [0.05, 0.1) is 46.3 Å². The summed E-state index contributed by atoms with van der Waals surface area (Å²) in [7, 11) is 1.54. The third kappa shape index (κ3) is 19.0. The number of nitrogens with two attached hydrogens (primary N) is 4. The molecule has 4 aromatic carbocycles. The van der Waals surface area contributed by atoms with Crippen LogP contribution in [0.1, 0.15) is 64.7 Å². The molecule has 16 N–H and O–H groups in total. The average Bonchev–Trinajstić information content (AvgIpc) is 0.985. The molecule has 492 valence electrons. The summed E-state index contributed by atoms with van der Waals surface area (Å²) < 4.78 is 5.31. The van der Waals surface area contributed by atoms with E-state index in [-0.39, 0.29) is 11.8 Å². The number of allylic oxidation sites excluding steroid dienone is 4. The molecule has 0 bridgehead atoms. The first-order chi connectivity index (χ1) is 47.6. The van der Waals surface area contributed by atoms with Gasteiger partial charge in [-0.05, 0) is 146 Å². The average molecular weight is 1350 g/mol. The van der Waals surface area contributed by atoms with Gasteiger partial charge in [0.2, 0.25) is 23.8 Å². The molecule has 1 aliphatic rings. The number of aryl methyl sites for hydroxylation is 2. The SMILES string of the molecule is COc1ccc(C(=O)NN)cc1Nc1nccc(-c2cccnc2)n1.Cc1ccc(C(=O)NN)cc1Nc1nccc(-c2cccnc2)n1.Cc1ccc(C(=O)NN)cc1Nc1nccc(C2=CC=CCC2=S)n1.NNC(=O)c1ccc(Cl)c(Nc2nccc(-c3cccnc3)n2)c1. The van der Waals surface area contributed by atoms with Crippen molar-refractivity contribution in [2.45, 2.75) is 20.3 Å². The van der Waals surface area contributed by atoms with Gasteiger partial charge in [-0.3, -0.25) is 55.8 Å². The number of carbonyl (C=O) groups is 4. The first-order valence-electron chi connectivity index (χ1n) is 29.4. The predicted molar refractivity (Wildman–Crippen MR) is 379 cm³/mol. The Morgan fingerprint density at radius 1 is 0.449 bits per heavy atom. The first kappa shape index (κ1) is 69.6. The van der Waals surface area contributed by atoms with Gasteiger partial charge in [-0.1, -0.05) is 54.2 Å². The summed E-state index contributed by atoms with van der Waals surface area (Å²) in [6, 6.07) is 38.6. The Morgan fingerprint density at radius 3 is 1.19 bits per heavy atom. The zero-order valence-electron chi connectivity index (χ0n) is 52.5. The summed E-state index contributed by atoms with van der Waals surface area (Å²) >= 11 is 11.6. The van der Waals surface area contributed by atoms with Gasteiger partial charge in [0.15, 0.2) is 0 Å². The van der Waals surface area contributed by atoms with Crippen molar-refractivity contribution in [3.8, 4) is 39.5 Å². The lowest BCUT2D eigenvalue weighted by Gasteiger charge is -2.13. The van der Waals surface area contributed by atoms with Gasteiger partial charge < -0.3 is 26.0 Å². The molecule has 4 amide bonds. The highest BCUT2D eigenvalue weighted by molar-refractivity contribution is 7.81. The molecule has 0 saturated heterocycles. The van der Waals surface area contributed by atoms with E-state index in [0.29, 0.717) is 73.9 Å². The Hall–Kier alpha value is -12.8. The number of hydrogen-bond donors (Lipinski definition) is 12. The van der Waals surface area contributed by atoms with Crippen LogP contribution in [0.4, 0.5) is 46.5 Å². The van der Waals surface area contributed by atoms with Gasteiger partial charge in [0, 0.05) is 129 Å². The second kappa shape index (κ2) is 34.4. The van der Waals surface area contributed by atoms with Gasteiger partial charge in [0.1, 0.15) is 5.75 Å². The van der Waals surface area contributed by atoms with Gasteiger partial charge in [-0.25, -0.2) is 63.2 Å². The molecular weight excluding hydrogens is 1290 g/mol. The summed E-state index contributed by atoms with van der Waals surface area (Å²) in [5.74, 6) is 21.3. The van der Waals surface area contributed by atoms with E-state index in [9.17, 15) is 19.2 Å². The van der Waals surface area contributed by atoms with Gasteiger partial charge in [0.25, 0.3) is 23.6 Å². The minimum absolute atomic E-state index is 0.351. The van der Waals surface area contributed by atoms with Crippen molar-refractivity contribution >= 4 is 104 Å². The maximum absolute atomic E-state index is 11.7. The minimum Gasteiger partial charge on any atom is -0.495 e. The van der Waals surface area contributed by atoms with Crippen molar-refractivity contribution in [3.63, 3.8) is 0 Å². The number of anilines is 8. The van der Waals surface area contributed by atoms with E-state index < -0.39 is 11.8 Å². The highest BCUT2D eigenvalue weighted by Crippen LogP contribution is 2.31. The number of aromatic nitrogens is 11. The molecule has 0 unspecified atom stereocenters. The first-order valence-corrected chi connectivity index (χ1v) is 30.2. The van der Waals surface area contributed by atoms with E-state index in [2.05, 4.69) is 97.8 Å². The molecular formula is C68H62ClN23O5S. The molecule has 0 atom stereocenters. The molecule has 11 aromatic rings. The third-order valence-corrected chi connectivity index (χ3v) is 14.7. The van der Waals surface area contributed by atoms with Crippen LogP contribution in [0.15, 0.2) is 214 Å². The van der Waals surface area contributed by atoms with Crippen molar-refractivity contribution in [1.82, 2.24) is 76.5 Å². The maximum atomic E-state index is 11.7. The molecule has 1 aliphatic carbocycles. The van der Waals surface area contributed by atoms with Crippen molar-refractivity contribution in [3.05, 3.63) is 258 Å². The molecule has 7 aromatic heterocycles. The van der Waals surface area contributed by atoms with Crippen molar-refractivity contribution in [2.75, 3.05) is 28.4 Å². The molecule has 28 nitrogen and oxygen atoms in total. The number of rotatable bonds is 17. The van der Waals surface area contributed by atoms with Gasteiger partial charge in [-0.15, -0.1) is 0 Å². The fraction of sp³-hybridized carbons (Fsp3) is 0.0588. The lowest BCUT2D eigenvalue weighted by atomic mass is 10.0. The van der Waals surface area contributed by atoms with Crippen molar-refractivity contribution in [2.24, 2.45) is 23.4 Å². The second-order valence-electron chi connectivity index (χ2n) is 20.5. The number of nitrogens with zero attached hydrogens (tertiary/aromatic N) is 11. The van der Waals surface area contributed by atoms with Crippen LogP contribution in [0.5, 0.6) is 5.75 Å². The van der Waals surface area contributed by atoms with E-state index in [1.165, 1.54) is 7.11 Å². The maximum Gasteiger partial charge on any atom is 0.265 e. The number of hydrogen-bond acceptors (Lipinski definition) is 25. The number of hydrazine groups is 4. The Kier molecular flexibility index (Phi) is 24.4. The molecule has 0 radical (unpaired) electrons. The summed E-state index contributed by atoms with van der Waals surface area (Å²) in [6.45, 7) is 3.86. The Balaban J connectivity index is 0.000000153. The summed E-state index contributed by atoms with van der Waals surface area (Å²) in [6.07, 6.45) is 23.6. The van der Waals surface area contributed by atoms with E-state index in [1.54, 1.807) is 135 Å². The summed E-state index contributed by atoms with van der Waals surface area (Å²) in [5, 5.41) is 12.8. The van der Waals surface area contributed by atoms with E-state index >= 15 is 0 Å². The Bertz CT molecular complexity index is 4570. The molecule has 98 heavy (non-hydrogen) atoms. The largest absolute Gasteiger partial charge is 0.495 e. The predicted octanol–water partition coefficient (Wildman–Crippen LogP) is 9.47. The highest BCUT2D eigenvalue weighted by atomic mass is 35.5. The zero-order valence-corrected chi connectivity index (χ0v) is 54.0. The standard InChI is InChI=1S/C18H17N5OS.C17H16N6O2.C17H16N6O.C16H13ClN6O/c1-11-6-7-12(17(24)23-19)10-15(11)22-18-20-9-8-14(21-18)13-4-2-3-5-16(13)25;1-25-15-5-4-11(16(24)23-18)9-14(15)22-17-20-8-6-13(21-17)12-3-2-7-19-10-12;1-11-4-5-12(16(24)23-18)9-15(11)22-17-20-8-6-14(21-17)13-3-2-7-19-10-13;17-12-4-3-10(15(24)23-18)8-14(12)22-16-20-7-5-13(21-16)11-2-1-6-19-9-11/h2-4,6-10H,5,19H2,1H3,(H,23,24)(H,20,21,22);2-10H,18H2,1H3,(H,23,24)(H,20,21,22);2-10H,18H2,1H3,(H,23,24)(H,20,21,22);1-9H,18H2,(H,23,24)(H,20,21,22). The second-order valence-corrected chi connectivity index (χ2v) is 21.4. The van der Waals surface area contributed by atoms with Crippen LogP contribution in [0, 0.1) is 13.8 Å². The zero-order chi connectivity index (χ0) is 69.3. The fourth-order valence-corrected chi connectivity index (χ4v) is 9.38. The van der Waals surface area contributed by atoms with Crippen LogP contribution in [-0.4, -0.2) is 90.4 Å². The van der Waals surface area contributed by atoms with Crippen molar-refractivity contribution < 1.29 is 23.9 Å².